The van der Waals surface area contributed by atoms with Crippen LogP contribution >= 0.6 is 0 Å². The van der Waals surface area contributed by atoms with Gasteiger partial charge >= 0.3 is 6.01 Å². The highest BCUT2D eigenvalue weighted by Gasteiger charge is 2.22. The summed E-state index contributed by atoms with van der Waals surface area (Å²) in [7, 11) is 0. The average molecular weight is 366 g/mol. The van der Waals surface area contributed by atoms with Crippen LogP contribution in [0.15, 0.2) is 30.6 Å². The number of rotatable bonds is 6. The number of ether oxygens (including phenoxy) is 1. The Balaban J connectivity index is 1.67. The first-order valence-corrected chi connectivity index (χ1v) is 9.15. The lowest BCUT2D eigenvalue weighted by Gasteiger charge is -2.34. The Bertz CT molecular complexity index is 919. The van der Waals surface area contributed by atoms with Crippen molar-refractivity contribution >= 4 is 23.1 Å². The summed E-state index contributed by atoms with van der Waals surface area (Å²) in [5.41, 5.74) is 1.88. The molecule has 0 radical (unpaired) electrons. The number of piperazine rings is 1. The lowest BCUT2D eigenvalue weighted by Crippen LogP contribution is -2.47. The van der Waals surface area contributed by atoms with E-state index in [9.17, 15) is 4.79 Å². The van der Waals surface area contributed by atoms with Crippen LogP contribution in [0.5, 0.6) is 11.8 Å². The molecular formula is C19H22N6O2. The standard InChI is InChI=1S/C19H22N6O2/c1-2-14-12-16-17(21-14)22-19(27-15-4-3-5-20-13-15)23-18(16)25-8-6-24(7-9-25)10-11-26/h3-5,11-13H,2,6-10H2,1H3,(H,21,22,23). The Hall–Kier alpha value is -3.00. The third-order valence-electron chi connectivity index (χ3n) is 4.73. The maximum Gasteiger partial charge on any atom is 0.326 e. The number of pyridine rings is 1. The van der Waals surface area contributed by atoms with Gasteiger partial charge in [0.1, 0.15) is 23.5 Å². The van der Waals surface area contributed by atoms with Gasteiger partial charge in [0.2, 0.25) is 0 Å². The molecule has 0 saturated carbocycles. The fourth-order valence-electron chi connectivity index (χ4n) is 3.27. The molecule has 0 atom stereocenters. The van der Waals surface area contributed by atoms with E-state index in [2.05, 4.69) is 37.7 Å². The van der Waals surface area contributed by atoms with Crippen molar-refractivity contribution in [3.8, 4) is 11.8 Å². The van der Waals surface area contributed by atoms with Gasteiger partial charge in [-0.2, -0.15) is 9.97 Å². The van der Waals surface area contributed by atoms with Crippen LogP contribution in [0.25, 0.3) is 11.0 Å². The smallest absolute Gasteiger partial charge is 0.326 e. The van der Waals surface area contributed by atoms with Gasteiger partial charge in [0.25, 0.3) is 0 Å². The van der Waals surface area contributed by atoms with E-state index in [1.807, 2.05) is 12.1 Å². The number of aldehydes is 1. The summed E-state index contributed by atoms with van der Waals surface area (Å²) < 4.78 is 5.83. The predicted molar refractivity (Wildman–Crippen MR) is 102 cm³/mol. The molecule has 0 bridgehead atoms. The van der Waals surface area contributed by atoms with Crippen LogP contribution in [0.4, 0.5) is 5.82 Å². The van der Waals surface area contributed by atoms with Crippen LogP contribution in [-0.4, -0.2) is 63.8 Å². The maximum absolute atomic E-state index is 10.8. The number of carbonyl (C=O) groups is 1. The summed E-state index contributed by atoms with van der Waals surface area (Å²) in [5, 5.41) is 0.995. The molecule has 3 aromatic rings. The summed E-state index contributed by atoms with van der Waals surface area (Å²) in [5.74, 6) is 1.46. The van der Waals surface area contributed by atoms with E-state index in [0.717, 1.165) is 61.4 Å². The molecule has 1 N–H and O–H groups in total. The van der Waals surface area contributed by atoms with Crippen molar-refractivity contribution in [2.45, 2.75) is 13.3 Å². The largest absolute Gasteiger partial charge is 0.423 e. The molecule has 3 aromatic heterocycles. The maximum atomic E-state index is 10.8. The minimum absolute atomic E-state index is 0.297. The SMILES string of the molecule is CCc1cc2c(N3CCN(CC=O)CC3)nc(Oc3cccnc3)nc2[nH]1. The second-order valence-electron chi connectivity index (χ2n) is 6.49. The Labute approximate surface area is 157 Å². The van der Waals surface area contributed by atoms with Crippen LogP contribution in [0.2, 0.25) is 0 Å². The molecule has 1 aliphatic rings. The molecule has 1 saturated heterocycles. The van der Waals surface area contributed by atoms with Gasteiger partial charge in [-0.05, 0) is 24.6 Å². The summed E-state index contributed by atoms with van der Waals surface area (Å²) in [6, 6.07) is 6.04. The van der Waals surface area contributed by atoms with Crippen molar-refractivity contribution in [2.24, 2.45) is 0 Å². The molecule has 1 fully saturated rings. The fraction of sp³-hybridized carbons (Fsp3) is 0.368. The van der Waals surface area contributed by atoms with Crippen molar-refractivity contribution in [3.05, 3.63) is 36.3 Å². The van der Waals surface area contributed by atoms with Crippen LogP contribution < -0.4 is 9.64 Å². The number of aromatic nitrogens is 4. The van der Waals surface area contributed by atoms with E-state index >= 15 is 0 Å². The van der Waals surface area contributed by atoms with Crippen LogP contribution in [0.1, 0.15) is 12.6 Å². The summed E-state index contributed by atoms with van der Waals surface area (Å²) in [4.78, 5) is 31.8. The molecule has 1 aliphatic heterocycles. The third kappa shape index (κ3) is 3.75. The number of anilines is 1. The highest BCUT2D eigenvalue weighted by atomic mass is 16.5. The highest BCUT2D eigenvalue weighted by molar-refractivity contribution is 5.89. The van der Waals surface area contributed by atoms with Crippen molar-refractivity contribution < 1.29 is 9.53 Å². The van der Waals surface area contributed by atoms with Gasteiger partial charge in [-0.3, -0.25) is 9.88 Å². The number of nitrogens with zero attached hydrogens (tertiary/aromatic N) is 5. The first-order chi connectivity index (χ1) is 13.3. The van der Waals surface area contributed by atoms with E-state index < -0.39 is 0 Å². The molecule has 4 rings (SSSR count). The quantitative estimate of drug-likeness (QED) is 0.668. The predicted octanol–water partition coefficient (Wildman–Crippen LogP) is 2.03. The summed E-state index contributed by atoms with van der Waals surface area (Å²) in [6.45, 7) is 5.84. The van der Waals surface area contributed by atoms with Gasteiger partial charge in [0.05, 0.1) is 18.1 Å². The minimum atomic E-state index is 0.297. The monoisotopic (exact) mass is 366 g/mol. The number of aryl methyl sites for hydroxylation is 1. The van der Waals surface area contributed by atoms with E-state index in [1.165, 1.54) is 0 Å². The van der Waals surface area contributed by atoms with E-state index in [0.29, 0.717) is 18.3 Å². The van der Waals surface area contributed by atoms with Crippen LogP contribution in [0, 0.1) is 0 Å². The molecule has 0 aromatic carbocycles. The lowest BCUT2D eigenvalue weighted by atomic mass is 10.2. The highest BCUT2D eigenvalue weighted by Crippen LogP contribution is 2.29. The third-order valence-corrected chi connectivity index (χ3v) is 4.73. The van der Waals surface area contributed by atoms with Gasteiger partial charge in [-0.25, -0.2) is 0 Å². The molecular weight excluding hydrogens is 344 g/mol. The Kier molecular flexibility index (Phi) is 4.97. The zero-order valence-corrected chi connectivity index (χ0v) is 15.3. The molecule has 8 nitrogen and oxygen atoms in total. The lowest BCUT2D eigenvalue weighted by molar-refractivity contribution is -0.108. The second-order valence-corrected chi connectivity index (χ2v) is 6.49. The van der Waals surface area contributed by atoms with E-state index in [-0.39, 0.29) is 0 Å². The van der Waals surface area contributed by atoms with Gasteiger partial charge < -0.3 is 19.4 Å². The van der Waals surface area contributed by atoms with Crippen LogP contribution in [0.3, 0.4) is 0 Å². The number of aromatic amines is 1. The molecule has 8 heteroatoms. The number of carbonyl (C=O) groups excluding carboxylic acids is 1. The average Bonchev–Trinajstić information content (AvgIpc) is 3.12. The number of fused-ring (bicyclic) bond motifs is 1. The summed E-state index contributed by atoms with van der Waals surface area (Å²) >= 11 is 0. The molecule has 140 valence electrons. The zero-order chi connectivity index (χ0) is 18.6. The molecule has 0 unspecified atom stereocenters. The van der Waals surface area contributed by atoms with Crippen molar-refractivity contribution in [1.29, 1.82) is 0 Å². The van der Waals surface area contributed by atoms with Crippen molar-refractivity contribution in [1.82, 2.24) is 24.8 Å². The molecule has 0 amide bonds. The fourth-order valence-corrected chi connectivity index (χ4v) is 3.27. The van der Waals surface area contributed by atoms with Gasteiger partial charge in [0.15, 0.2) is 0 Å². The molecule has 27 heavy (non-hydrogen) atoms. The molecule has 0 aliphatic carbocycles. The van der Waals surface area contributed by atoms with Gasteiger partial charge in [-0.15, -0.1) is 0 Å². The Morgan fingerprint density at radius 3 is 2.81 bits per heavy atom. The number of nitrogens with one attached hydrogen (secondary N) is 1. The second kappa shape index (κ2) is 7.71. The Morgan fingerprint density at radius 1 is 1.26 bits per heavy atom. The van der Waals surface area contributed by atoms with Gasteiger partial charge in [-0.1, -0.05) is 6.92 Å². The number of H-pyrrole nitrogens is 1. The van der Waals surface area contributed by atoms with E-state index in [1.54, 1.807) is 12.4 Å². The Morgan fingerprint density at radius 2 is 2.11 bits per heavy atom. The van der Waals surface area contributed by atoms with Crippen LogP contribution in [-0.2, 0) is 11.2 Å². The minimum Gasteiger partial charge on any atom is -0.423 e. The summed E-state index contributed by atoms with van der Waals surface area (Å²) in [6.07, 6.45) is 5.18. The molecule has 0 spiro atoms. The zero-order valence-electron chi connectivity index (χ0n) is 15.3. The van der Waals surface area contributed by atoms with Crippen molar-refractivity contribution in [3.63, 3.8) is 0 Å². The normalized spacial score (nSPS) is 15.2. The first-order valence-electron chi connectivity index (χ1n) is 9.15. The number of hydrogen-bond acceptors (Lipinski definition) is 7. The topological polar surface area (TPSA) is 87.2 Å². The van der Waals surface area contributed by atoms with Crippen molar-refractivity contribution in [2.75, 3.05) is 37.6 Å². The number of hydrogen-bond donors (Lipinski definition) is 1. The first kappa shape index (κ1) is 17.4. The molecule has 4 heterocycles. The van der Waals surface area contributed by atoms with E-state index in [4.69, 9.17) is 9.72 Å². The van der Waals surface area contributed by atoms with Gasteiger partial charge in [0, 0.05) is 38.1 Å².